The Hall–Kier alpha value is -1.60. The number of rotatable bonds is 4. The van der Waals surface area contributed by atoms with E-state index in [4.69, 9.17) is 11.6 Å². The van der Waals surface area contributed by atoms with Gasteiger partial charge in [0.1, 0.15) is 10.8 Å². The van der Waals surface area contributed by atoms with Gasteiger partial charge in [0, 0.05) is 39.5 Å². The molecule has 1 saturated heterocycles. The van der Waals surface area contributed by atoms with Gasteiger partial charge in [-0.05, 0) is 0 Å². The van der Waals surface area contributed by atoms with E-state index in [1.54, 1.807) is 14.1 Å². The van der Waals surface area contributed by atoms with Crippen LogP contribution in [0.15, 0.2) is 6.20 Å². The first-order chi connectivity index (χ1) is 9.55. The number of halogens is 1. The summed E-state index contributed by atoms with van der Waals surface area (Å²) in [6, 6.07) is 0. The number of hydrogen-bond acceptors (Lipinski definition) is 6. The van der Waals surface area contributed by atoms with Gasteiger partial charge < -0.3 is 20.6 Å². The highest BCUT2D eigenvalue weighted by Gasteiger charge is 2.34. The number of hydrogen-bond donors (Lipinski definition) is 3. The zero-order valence-corrected chi connectivity index (χ0v) is 12.2. The molecule has 8 heteroatoms. The quantitative estimate of drug-likeness (QED) is 0.731. The first-order valence-corrected chi connectivity index (χ1v) is 6.76. The third-order valence-electron chi connectivity index (χ3n) is 3.38. The molecule has 2 heterocycles. The molecule has 1 amide bonds. The highest BCUT2D eigenvalue weighted by atomic mass is 35.5. The molecule has 1 aromatic rings. The Bertz CT molecular complexity index is 499. The van der Waals surface area contributed by atoms with Crippen molar-refractivity contribution in [3.05, 3.63) is 11.2 Å². The van der Waals surface area contributed by atoms with Crippen LogP contribution in [-0.4, -0.2) is 54.3 Å². The van der Waals surface area contributed by atoms with Crippen LogP contribution >= 0.6 is 11.6 Å². The van der Waals surface area contributed by atoms with E-state index in [0.29, 0.717) is 36.3 Å². The summed E-state index contributed by atoms with van der Waals surface area (Å²) in [7, 11) is 3.31. The second kappa shape index (κ2) is 6.23. The monoisotopic (exact) mass is 299 g/mol. The fraction of sp³-hybridized carbons (Fsp3) is 0.583. The maximum atomic E-state index is 11.4. The molecule has 0 bridgehead atoms. The topological polar surface area (TPSA) is 90.4 Å². The number of carbonyl (C=O) groups excluding carboxylic acids is 1. The summed E-state index contributed by atoms with van der Waals surface area (Å²) >= 11 is 5.94. The van der Waals surface area contributed by atoms with E-state index in [9.17, 15) is 9.90 Å². The molecule has 0 radical (unpaired) electrons. The van der Waals surface area contributed by atoms with E-state index in [0.717, 1.165) is 0 Å². The minimum atomic E-state index is -0.565. The van der Waals surface area contributed by atoms with Crippen molar-refractivity contribution in [3.8, 4) is 0 Å². The summed E-state index contributed by atoms with van der Waals surface area (Å²) in [4.78, 5) is 21.7. The molecule has 1 aliphatic heterocycles. The molecule has 0 unspecified atom stereocenters. The third-order valence-corrected chi connectivity index (χ3v) is 3.66. The van der Waals surface area contributed by atoms with Crippen LogP contribution in [0.3, 0.4) is 0 Å². The van der Waals surface area contributed by atoms with Crippen molar-refractivity contribution in [2.45, 2.75) is 12.5 Å². The van der Waals surface area contributed by atoms with Gasteiger partial charge in [0.25, 0.3) is 0 Å². The number of β-amino-alcohol motifs (C(OH)–C–C–N with tert-alkyl or cyclic N) is 1. The smallest absolute Gasteiger partial charge is 0.227 e. The lowest BCUT2D eigenvalue weighted by Gasteiger charge is -2.16. The summed E-state index contributed by atoms with van der Waals surface area (Å²) in [6.45, 7) is 0.950. The molecule has 0 aliphatic carbocycles. The van der Waals surface area contributed by atoms with Gasteiger partial charge in [-0.15, -0.1) is 0 Å². The molecule has 7 nitrogen and oxygen atoms in total. The Kier molecular flexibility index (Phi) is 4.61. The second-order valence-electron chi connectivity index (χ2n) is 4.73. The van der Waals surface area contributed by atoms with Gasteiger partial charge in [-0.1, -0.05) is 11.6 Å². The summed E-state index contributed by atoms with van der Waals surface area (Å²) in [5.41, 5.74) is 0. The van der Waals surface area contributed by atoms with Crippen molar-refractivity contribution in [3.63, 3.8) is 0 Å². The van der Waals surface area contributed by atoms with E-state index in [2.05, 4.69) is 20.6 Å². The van der Waals surface area contributed by atoms with E-state index in [1.165, 1.54) is 6.20 Å². The third kappa shape index (κ3) is 3.10. The van der Waals surface area contributed by atoms with Crippen LogP contribution in [0.1, 0.15) is 6.42 Å². The number of carbonyl (C=O) groups is 1. The normalized spacial score (nSPS) is 21.9. The molecule has 1 aromatic heterocycles. The lowest BCUT2D eigenvalue weighted by Crippen LogP contribution is -2.27. The van der Waals surface area contributed by atoms with Gasteiger partial charge in [-0.25, -0.2) is 4.98 Å². The Balaban J connectivity index is 2.09. The average molecular weight is 300 g/mol. The molecule has 2 rings (SSSR count). The average Bonchev–Trinajstić information content (AvgIpc) is 2.80. The zero-order chi connectivity index (χ0) is 14.7. The minimum absolute atomic E-state index is 0.0798. The molecular weight excluding hydrogens is 282 g/mol. The van der Waals surface area contributed by atoms with Gasteiger partial charge in [0.05, 0.1) is 12.3 Å². The maximum absolute atomic E-state index is 11.4. The summed E-state index contributed by atoms with van der Waals surface area (Å²) in [5, 5.41) is 15.9. The molecule has 1 aliphatic rings. The first kappa shape index (κ1) is 14.8. The molecule has 3 N–H and O–H groups in total. The van der Waals surface area contributed by atoms with Crippen LogP contribution < -0.4 is 15.5 Å². The van der Waals surface area contributed by atoms with Gasteiger partial charge >= 0.3 is 0 Å². The number of aliphatic hydroxyl groups is 1. The van der Waals surface area contributed by atoms with Crippen molar-refractivity contribution in [2.24, 2.45) is 5.92 Å². The highest BCUT2D eigenvalue weighted by molar-refractivity contribution is 6.32. The van der Waals surface area contributed by atoms with Crippen LogP contribution in [0.25, 0.3) is 0 Å². The first-order valence-electron chi connectivity index (χ1n) is 6.39. The SMILES string of the molecule is CNC(=O)C[C@@H]1CN(c2ncc(Cl)c(NC)n2)C[C@H]1O. The number of anilines is 2. The van der Waals surface area contributed by atoms with Crippen molar-refractivity contribution in [1.82, 2.24) is 15.3 Å². The van der Waals surface area contributed by atoms with Crippen LogP contribution in [0.5, 0.6) is 0 Å². The number of aliphatic hydroxyl groups excluding tert-OH is 1. The van der Waals surface area contributed by atoms with Gasteiger partial charge in [0.15, 0.2) is 0 Å². The minimum Gasteiger partial charge on any atom is -0.391 e. The van der Waals surface area contributed by atoms with Gasteiger partial charge in [-0.3, -0.25) is 4.79 Å². The molecular formula is C12H18ClN5O2. The van der Waals surface area contributed by atoms with Gasteiger partial charge in [0.2, 0.25) is 11.9 Å². The number of amides is 1. The fourth-order valence-corrected chi connectivity index (χ4v) is 2.43. The lowest BCUT2D eigenvalue weighted by atomic mass is 10.0. The Morgan fingerprint density at radius 3 is 2.95 bits per heavy atom. The van der Waals surface area contributed by atoms with E-state index in [-0.39, 0.29) is 11.8 Å². The van der Waals surface area contributed by atoms with Crippen LogP contribution in [0.2, 0.25) is 5.02 Å². The molecule has 110 valence electrons. The van der Waals surface area contributed by atoms with E-state index in [1.807, 2.05) is 4.90 Å². The molecule has 0 spiro atoms. The molecule has 2 atom stereocenters. The van der Waals surface area contributed by atoms with Crippen molar-refractivity contribution < 1.29 is 9.90 Å². The van der Waals surface area contributed by atoms with Gasteiger partial charge in [-0.2, -0.15) is 4.98 Å². The highest BCUT2D eigenvalue weighted by Crippen LogP contribution is 2.26. The number of aromatic nitrogens is 2. The number of nitrogens with zero attached hydrogens (tertiary/aromatic N) is 3. The van der Waals surface area contributed by atoms with E-state index >= 15 is 0 Å². The predicted octanol–water partition coefficient (Wildman–Crippen LogP) is 0.105. The Labute approximate surface area is 122 Å². The standard InChI is InChI=1S/C12H18ClN5O2/c1-14-10(20)3-7-5-18(6-9(7)19)12-16-4-8(13)11(15-2)17-12/h4,7,9,19H,3,5-6H2,1-2H3,(H,14,20)(H,15,16,17)/t7-,9-/m1/s1. The summed E-state index contributed by atoms with van der Waals surface area (Å²) in [5.74, 6) is 0.842. The number of nitrogens with one attached hydrogen (secondary N) is 2. The van der Waals surface area contributed by atoms with Crippen molar-refractivity contribution in [2.75, 3.05) is 37.4 Å². The predicted molar refractivity (Wildman–Crippen MR) is 77.0 cm³/mol. The Morgan fingerprint density at radius 1 is 1.55 bits per heavy atom. The fourth-order valence-electron chi connectivity index (χ4n) is 2.24. The zero-order valence-electron chi connectivity index (χ0n) is 11.4. The van der Waals surface area contributed by atoms with Crippen LogP contribution in [0.4, 0.5) is 11.8 Å². The maximum Gasteiger partial charge on any atom is 0.227 e. The van der Waals surface area contributed by atoms with Crippen molar-refractivity contribution >= 4 is 29.3 Å². The Morgan fingerprint density at radius 2 is 2.30 bits per heavy atom. The van der Waals surface area contributed by atoms with E-state index < -0.39 is 6.10 Å². The molecule has 20 heavy (non-hydrogen) atoms. The molecule has 1 fully saturated rings. The molecule has 0 saturated carbocycles. The van der Waals surface area contributed by atoms with Crippen molar-refractivity contribution in [1.29, 1.82) is 0 Å². The lowest BCUT2D eigenvalue weighted by molar-refractivity contribution is -0.122. The van der Waals surface area contributed by atoms with Crippen LogP contribution in [0, 0.1) is 5.92 Å². The summed E-state index contributed by atoms with van der Waals surface area (Å²) in [6.07, 6.45) is 1.25. The largest absolute Gasteiger partial charge is 0.391 e. The van der Waals surface area contributed by atoms with Crippen LogP contribution in [-0.2, 0) is 4.79 Å². The molecule has 0 aromatic carbocycles. The second-order valence-corrected chi connectivity index (χ2v) is 5.13. The summed E-state index contributed by atoms with van der Waals surface area (Å²) < 4.78 is 0.